The molecule has 7 heteroatoms. The summed E-state index contributed by atoms with van der Waals surface area (Å²) in [5.74, 6) is 0.112. The van der Waals surface area contributed by atoms with E-state index < -0.39 is 0 Å². The van der Waals surface area contributed by atoms with Gasteiger partial charge in [0, 0.05) is 23.4 Å². The monoisotopic (exact) mass is 324 g/mol. The van der Waals surface area contributed by atoms with E-state index in [2.05, 4.69) is 35.5 Å². The number of hydrogen-bond donors (Lipinski definition) is 3. The number of thiazole rings is 1. The molecule has 0 bridgehead atoms. The van der Waals surface area contributed by atoms with Gasteiger partial charge in [-0.25, -0.2) is 4.98 Å². The van der Waals surface area contributed by atoms with Crippen LogP contribution in [0.3, 0.4) is 0 Å². The summed E-state index contributed by atoms with van der Waals surface area (Å²) in [6.45, 7) is 7.50. The summed E-state index contributed by atoms with van der Waals surface area (Å²) in [6.07, 6.45) is 0. The lowest BCUT2D eigenvalue weighted by molar-refractivity contribution is 0.0950. The molecule has 4 N–H and O–H groups in total. The number of hydrogen-bond acceptors (Lipinski definition) is 6. The Morgan fingerprint density at radius 3 is 2.86 bits per heavy atom. The van der Waals surface area contributed by atoms with Crippen LogP contribution in [0.5, 0.6) is 0 Å². The van der Waals surface area contributed by atoms with Gasteiger partial charge in [0.05, 0.1) is 0 Å². The lowest BCUT2D eigenvalue weighted by Gasteiger charge is -2.23. The summed E-state index contributed by atoms with van der Waals surface area (Å²) in [6, 6.07) is 4.11. The number of anilines is 2. The number of carbonyl (C=O) groups is 1. The Bertz CT molecular complexity index is 605. The molecule has 0 fully saturated rings. The van der Waals surface area contributed by atoms with Crippen LogP contribution in [0.25, 0.3) is 0 Å². The highest BCUT2D eigenvalue weighted by atomic mass is 32.1. The van der Waals surface area contributed by atoms with E-state index in [9.17, 15) is 4.79 Å². The van der Waals surface area contributed by atoms with E-state index in [1.807, 2.05) is 18.4 Å². The normalized spacial score (nSPS) is 11.4. The lowest BCUT2D eigenvalue weighted by atomic mass is 9.91. The first-order valence-corrected chi connectivity index (χ1v) is 8.46. The molecule has 21 heavy (non-hydrogen) atoms. The fourth-order valence-electron chi connectivity index (χ4n) is 1.85. The quantitative estimate of drug-likeness (QED) is 0.763. The third-order valence-electron chi connectivity index (χ3n) is 3.07. The van der Waals surface area contributed by atoms with Gasteiger partial charge < -0.3 is 16.4 Å². The summed E-state index contributed by atoms with van der Waals surface area (Å²) >= 11 is 2.98. The van der Waals surface area contributed by atoms with Gasteiger partial charge in [0.1, 0.15) is 10.7 Å². The molecule has 0 atom stereocenters. The van der Waals surface area contributed by atoms with Crippen molar-refractivity contribution < 1.29 is 4.79 Å². The molecule has 5 nitrogen and oxygen atoms in total. The van der Waals surface area contributed by atoms with Gasteiger partial charge in [-0.3, -0.25) is 4.79 Å². The second-order valence-electron chi connectivity index (χ2n) is 5.31. The summed E-state index contributed by atoms with van der Waals surface area (Å²) in [5.41, 5.74) is 5.70. The average molecular weight is 324 g/mol. The van der Waals surface area contributed by atoms with Crippen molar-refractivity contribution in [3.63, 3.8) is 0 Å². The van der Waals surface area contributed by atoms with E-state index in [-0.39, 0.29) is 17.1 Å². The standard InChI is InChI=1S/C14H20N4OS2/c1-4-16-13-18-11(15)10(21-13)12(19)17-8-14(2,3)9-6-5-7-20-9/h5-7H,4,8,15H2,1-3H3,(H,16,18)(H,17,19). The van der Waals surface area contributed by atoms with Crippen molar-refractivity contribution in [2.75, 3.05) is 24.1 Å². The van der Waals surface area contributed by atoms with Gasteiger partial charge >= 0.3 is 0 Å². The summed E-state index contributed by atoms with van der Waals surface area (Å²) < 4.78 is 0. The smallest absolute Gasteiger partial charge is 0.265 e. The first kappa shape index (κ1) is 15.8. The highest BCUT2D eigenvalue weighted by molar-refractivity contribution is 7.18. The minimum absolute atomic E-state index is 0.103. The van der Waals surface area contributed by atoms with Crippen molar-refractivity contribution in [1.29, 1.82) is 0 Å². The maximum Gasteiger partial charge on any atom is 0.265 e. The number of amides is 1. The van der Waals surface area contributed by atoms with Crippen LogP contribution in [0.15, 0.2) is 17.5 Å². The maximum absolute atomic E-state index is 12.3. The van der Waals surface area contributed by atoms with E-state index in [0.29, 0.717) is 16.6 Å². The number of thiophene rings is 1. The summed E-state index contributed by atoms with van der Waals surface area (Å²) in [4.78, 5) is 18.1. The van der Waals surface area contributed by atoms with Crippen LogP contribution in [0.1, 0.15) is 35.3 Å². The highest BCUT2D eigenvalue weighted by Crippen LogP contribution is 2.28. The first-order chi connectivity index (χ1) is 9.94. The van der Waals surface area contributed by atoms with Gasteiger partial charge in [-0.05, 0) is 18.4 Å². The van der Waals surface area contributed by atoms with Crippen molar-refractivity contribution in [3.05, 3.63) is 27.3 Å². The molecule has 0 saturated carbocycles. The van der Waals surface area contributed by atoms with Gasteiger partial charge in [-0.15, -0.1) is 11.3 Å². The SMILES string of the molecule is CCNc1nc(N)c(C(=O)NCC(C)(C)c2cccs2)s1. The Morgan fingerprint density at radius 2 is 2.24 bits per heavy atom. The van der Waals surface area contributed by atoms with Gasteiger partial charge in [0.25, 0.3) is 5.91 Å². The predicted octanol–water partition coefficient (Wildman–Crippen LogP) is 2.93. The van der Waals surface area contributed by atoms with Crippen molar-refractivity contribution in [1.82, 2.24) is 10.3 Å². The predicted molar refractivity (Wildman–Crippen MR) is 90.4 cm³/mol. The van der Waals surface area contributed by atoms with Crippen LogP contribution in [0.2, 0.25) is 0 Å². The van der Waals surface area contributed by atoms with E-state index in [1.54, 1.807) is 11.3 Å². The first-order valence-electron chi connectivity index (χ1n) is 6.76. The molecule has 1 amide bonds. The average Bonchev–Trinajstić information content (AvgIpc) is 3.06. The molecule has 114 valence electrons. The molecule has 0 aliphatic heterocycles. The Labute approximate surface area is 132 Å². The van der Waals surface area contributed by atoms with Gasteiger partial charge in [-0.1, -0.05) is 31.3 Å². The Kier molecular flexibility index (Phi) is 4.84. The fraction of sp³-hybridized carbons (Fsp3) is 0.429. The van der Waals surface area contributed by atoms with E-state index >= 15 is 0 Å². The molecule has 0 unspecified atom stereocenters. The Balaban J connectivity index is 2.02. The van der Waals surface area contributed by atoms with Gasteiger partial charge in [-0.2, -0.15) is 0 Å². The number of nitrogens with zero attached hydrogens (tertiary/aromatic N) is 1. The van der Waals surface area contributed by atoms with E-state index in [0.717, 1.165) is 6.54 Å². The van der Waals surface area contributed by atoms with Crippen LogP contribution < -0.4 is 16.4 Å². The molecule has 0 aliphatic rings. The summed E-state index contributed by atoms with van der Waals surface area (Å²) in [5, 5.41) is 8.74. The van der Waals surface area contributed by atoms with E-state index in [1.165, 1.54) is 16.2 Å². The molecule has 2 rings (SSSR count). The van der Waals surface area contributed by atoms with Gasteiger partial charge in [0.15, 0.2) is 5.13 Å². The third-order valence-corrected chi connectivity index (χ3v) is 5.33. The topological polar surface area (TPSA) is 80.0 Å². The van der Waals surface area contributed by atoms with Crippen molar-refractivity contribution in [2.45, 2.75) is 26.2 Å². The van der Waals surface area contributed by atoms with Gasteiger partial charge in [0.2, 0.25) is 0 Å². The Hall–Kier alpha value is -1.60. The number of nitrogens with two attached hydrogens (primary N) is 1. The van der Waals surface area contributed by atoms with Crippen molar-refractivity contribution in [3.8, 4) is 0 Å². The third kappa shape index (κ3) is 3.74. The van der Waals surface area contributed by atoms with Crippen LogP contribution in [-0.4, -0.2) is 24.0 Å². The zero-order valence-corrected chi connectivity index (χ0v) is 14.0. The minimum Gasteiger partial charge on any atom is -0.382 e. The molecule has 0 radical (unpaired) electrons. The van der Waals surface area contributed by atoms with E-state index in [4.69, 9.17) is 5.73 Å². The zero-order chi connectivity index (χ0) is 15.5. The lowest BCUT2D eigenvalue weighted by Crippen LogP contribution is -2.36. The fourth-order valence-corrected chi connectivity index (χ4v) is 3.57. The van der Waals surface area contributed by atoms with Crippen LogP contribution in [-0.2, 0) is 5.41 Å². The van der Waals surface area contributed by atoms with Crippen molar-refractivity contribution in [2.24, 2.45) is 0 Å². The second-order valence-corrected chi connectivity index (χ2v) is 7.25. The molecule has 2 aromatic rings. The number of nitrogens with one attached hydrogen (secondary N) is 2. The summed E-state index contributed by atoms with van der Waals surface area (Å²) in [7, 11) is 0. The molecule has 0 saturated heterocycles. The highest BCUT2D eigenvalue weighted by Gasteiger charge is 2.24. The molecule has 2 heterocycles. The molecule has 0 aromatic carbocycles. The second kappa shape index (κ2) is 6.44. The maximum atomic E-state index is 12.3. The number of aromatic nitrogens is 1. The van der Waals surface area contributed by atoms with Crippen LogP contribution in [0.4, 0.5) is 10.9 Å². The number of rotatable bonds is 6. The molecule has 2 aromatic heterocycles. The molecular weight excluding hydrogens is 304 g/mol. The van der Waals surface area contributed by atoms with Crippen LogP contribution in [0, 0.1) is 0 Å². The zero-order valence-electron chi connectivity index (χ0n) is 12.4. The molecule has 0 aliphatic carbocycles. The molecular formula is C14H20N4OS2. The molecule has 0 spiro atoms. The largest absolute Gasteiger partial charge is 0.382 e. The Morgan fingerprint density at radius 1 is 1.48 bits per heavy atom. The minimum atomic E-state index is -0.168. The van der Waals surface area contributed by atoms with Crippen LogP contribution >= 0.6 is 22.7 Å². The number of carbonyl (C=O) groups excluding carboxylic acids is 1. The van der Waals surface area contributed by atoms with Crippen molar-refractivity contribution >= 4 is 39.5 Å². The number of nitrogen functional groups attached to an aromatic ring is 1.